The molecule has 0 saturated carbocycles. The number of hydrogen-bond donors (Lipinski definition) is 0. The highest BCUT2D eigenvalue weighted by atomic mass is 32.2. The van der Waals surface area contributed by atoms with Gasteiger partial charge in [-0.05, 0) is 68.0 Å². The number of thioether (sulfide) groups is 1. The summed E-state index contributed by atoms with van der Waals surface area (Å²) in [5, 5.41) is -0.204. The zero-order valence-corrected chi connectivity index (χ0v) is 18.5. The summed E-state index contributed by atoms with van der Waals surface area (Å²) in [7, 11) is 0. The average molecular weight is 423 g/mol. The quantitative estimate of drug-likeness (QED) is 0.652. The standard InChI is InChI=1S/C24H26N2O3S/c1-5-29-20-11-9-19(10-12-20)26-22(27)21-16(3)17(4)30-23(21)25(24(26)28)14-18-8-6-7-15(2)13-18/h6-13,21,23H,5,14H2,1-4H3. The van der Waals surface area contributed by atoms with E-state index in [1.807, 2.05) is 50.8 Å². The summed E-state index contributed by atoms with van der Waals surface area (Å²) < 4.78 is 5.50. The lowest BCUT2D eigenvalue weighted by atomic mass is 9.95. The van der Waals surface area contributed by atoms with Crippen molar-refractivity contribution >= 4 is 29.4 Å². The van der Waals surface area contributed by atoms with Gasteiger partial charge < -0.3 is 9.64 Å². The molecule has 2 unspecified atom stereocenters. The highest BCUT2D eigenvalue weighted by molar-refractivity contribution is 8.03. The number of amides is 3. The third kappa shape index (κ3) is 3.60. The van der Waals surface area contributed by atoms with Crippen LogP contribution in [-0.4, -0.2) is 28.8 Å². The van der Waals surface area contributed by atoms with Gasteiger partial charge in [-0.15, -0.1) is 11.8 Å². The Bertz CT molecular complexity index is 1020. The van der Waals surface area contributed by atoms with Gasteiger partial charge >= 0.3 is 6.03 Å². The van der Waals surface area contributed by atoms with Gasteiger partial charge in [0.05, 0.1) is 23.6 Å². The van der Waals surface area contributed by atoms with E-state index >= 15 is 0 Å². The number of hydrogen-bond acceptors (Lipinski definition) is 4. The molecule has 6 heteroatoms. The fraction of sp³-hybridized carbons (Fsp3) is 0.333. The van der Waals surface area contributed by atoms with E-state index in [0.29, 0.717) is 18.8 Å². The first-order valence-corrected chi connectivity index (χ1v) is 11.1. The van der Waals surface area contributed by atoms with Crippen molar-refractivity contribution in [1.82, 2.24) is 4.90 Å². The van der Waals surface area contributed by atoms with E-state index in [1.54, 1.807) is 36.0 Å². The van der Waals surface area contributed by atoms with Crippen LogP contribution >= 0.6 is 11.8 Å². The second-order valence-electron chi connectivity index (χ2n) is 7.73. The Morgan fingerprint density at radius 2 is 1.77 bits per heavy atom. The summed E-state index contributed by atoms with van der Waals surface area (Å²) in [5.74, 6) is 0.233. The lowest BCUT2D eigenvalue weighted by molar-refractivity contribution is -0.122. The second-order valence-corrected chi connectivity index (χ2v) is 9.06. The van der Waals surface area contributed by atoms with Crippen molar-refractivity contribution in [3.05, 3.63) is 70.1 Å². The molecule has 1 saturated heterocycles. The Hall–Kier alpha value is -2.73. The largest absolute Gasteiger partial charge is 0.494 e. The number of rotatable bonds is 5. The molecule has 5 nitrogen and oxygen atoms in total. The minimum atomic E-state index is -0.330. The number of urea groups is 1. The summed E-state index contributed by atoms with van der Waals surface area (Å²) >= 11 is 1.62. The van der Waals surface area contributed by atoms with Gasteiger partial charge in [0.15, 0.2) is 0 Å². The minimum absolute atomic E-state index is 0.156. The SMILES string of the molecule is CCOc1ccc(N2C(=O)C3C(C)=C(C)SC3N(Cc3cccc(C)c3)C2=O)cc1. The fourth-order valence-electron chi connectivity index (χ4n) is 4.06. The molecule has 0 bridgehead atoms. The third-order valence-corrected chi connectivity index (χ3v) is 7.12. The summed E-state index contributed by atoms with van der Waals surface area (Å²) in [4.78, 5) is 31.3. The Balaban J connectivity index is 1.71. The van der Waals surface area contributed by atoms with Gasteiger partial charge in [0.1, 0.15) is 5.75 Å². The first-order valence-electron chi connectivity index (χ1n) is 10.2. The van der Waals surface area contributed by atoms with Crippen LogP contribution in [-0.2, 0) is 11.3 Å². The van der Waals surface area contributed by atoms with Crippen molar-refractivity contribution in [2.45, 2.75) is 39.6 Å². The minimum Gasteiger partial charge on any atom is -0.494 e. The highest BCUT2D eigenvalue weighted by Crippen LogP contribution is 2.47. The molecule has 2 heterocycles. The molecule has 30 heavy (non-hydrogen) atoms. The van der Waals surface area contributed by atoms with E-state index in [-0.39, 0.29) is 23.2 Å². The summed E-state index contributed by atoms with van der Waals surface area (Å²) in [6, 6.07) is 15.0. The molecular formula is C24H26N2O3S. The van der Waals surface area contributed by atoms with E-state index in [1.165, 1.54) is 4.90 Å². The lowest BCUT2D eigenvalue weighted by Gasteiger charge is -2.42. The predicted molar refractivity (Wildman–Crippen MR) is 120 cm³/mol. The van der Waals surface area contributed by atoms with Gasteiger partial charge in [-0.1, -0.05) is 29.8 Å². The van der Waals surface area contributed by atoms with Gasteiger partial charge in [-0.25, -0.2) is 9.69 Å². The second kappa shape index (κ2) is 8.19. The van der Waals surface area contributed by atoms with Crippen LogP contribution in [0, 0.1) is 12.8 Å². The van der Waals surface area contributed by atoms with Crippen LogP contribution in [0.2, 0.25) is 0 Å². The van der Waals surface area contributed by atoms with Crippen LogP contribution in [0.3, 0.4) is 0 Å². The topological polar surface area (TPSA) is 49.9 Å². The van der Waals surface area contributed by atoms with Crippen molar-refractivity contribution in [2.24, 2.45) is 5.92 Å². The molecule has 0 spiro atoms. The van der Waals surface area contributed by atoms with E-state index in [9.17, 15) is 9.59 Å². The Labute approximate surface area is 181 Å². The summed E-state index contributed by atoms with van der Waals surface area (Å²) in [5.41, 5.74) is 3.83. The molecule has 2 aliphatic rings. The van der Waals surface area contributed by atoms with Gasteiger partial charge in [-0.3, -0.25) is 4.79 Å². The normalized spacial score (nSPS) is 21.3. The molecule has 0 aromatic heterocycles. The van der Waals surface area contributed by atoms with Crippen LogP contribution in [0.25, 0.3) is 0 Å². The number of carbonyl (C=O) groups is 2. The highest BCUT2D eigenvalue weighted by Gasteiger charge is 2.51. The molecule has 2 aromatic carbocycles. The van der Waals surface area contributed by atoms with Crippen molar-refractivity contribution < 1.29 is 14.3 Å². The maximum atomic E-state index is 13.6. The van der Waals surface area contributed by atoms with E-state index in [0.717, 1.165) is 27.4 Å². The van der Waals surface area contributed by atoms with Crippen LogP contribution in [0.15, 0.2) is 59.0 Å². The molecule has 156 valence electrons. The van der Waals surface area contributed by atoms with Crippen molar-refractivity contribution in [3.63, 3.8) is 0 Å². The number of carbonyl (C=O) groups excluding carboxylic acids is 2. The lowest BCUT2D eigenvalue weighted by Crippen LogP contribution is -2.60. The number of nitrogens with zero attached hydrogens (tertiary/aromatic N) is 2. The molecule has 3 amide bonds. The molecule has 0 aliphatic carbocycles. The number of anilines is 1. The van der Waals surface area contributed by atoms with Crippen LogP contribution in [0.1, 0.15) is 31.9 Å². The zero-order chi connectivity index (χ0) is 21.4. The Morgan fingerprint density at radius 3 is 2.43 bits per heavy atom. The van der Waals surface area contributed by atoms with Gasteiger partial charge in [0.2, 0.25) is 5.91 Å². The molecular weight excluding hydrogens is 396 g/mol. The number of ether oxygens (including phenoxy) is 1. The monoisotopic (exact) mass is 422 g/mol. The number of benzene rings is 2. The zero-order valence-electron chi connectivity index (χ0n) is 17.7. The molecule has 2 aliphatic heterocycles. The van der Waals surface area contributed by atoms with Crippen LogP contribution in [0.5, 0.6) is 5.75 Å². The fourth-order valence-corrected chi connectivity index (χ4v) is 5.48. The Kier molecular flexibility index (Phi) is 5.60. The van der Waals surface area contributed by atoms with Crippen molar-refractivity contribution in [1.29, 1.82) is 0 Å². The smallest absolute Gasteiger partial charge is 0.332 e. The van der Waals surface area contributed by atoms with Crippen LogP contribution in [0.4, 0.5) is 10.5 Å². The third-order valence-electron chi connectivity index (χ3n) is 5.68. The average Bonchev–Trinajstić information content (AvgIpc) is 3.02. The molecule has 2 atom stereocenters. The summed E-state index contributed by atoms with van der Waals surface area (Å²) in [6.07, 6.45) is 0. The van der Waals surface area contributed by atoms with Crippen molar-refractivity contribution in [3.8, 4) is 5.75 Å². The van der Waals surface area contributed by atoms with E-state index in [4.69, 9.17) is 4.74 Å². The maximum absolute atomic E-state index is 13.6. The number of fused-ring (bicyclic) bond motifs is 1. The molecule has 1 fully saturated rings. The van der Waals surface area contributed by atoms with E-state index in [2.05, 4.69) is 6.07 Å². The summed E-state index contributed by atoms with van der Waals surface area (Å²) in [6.45, 7) is 9.03. The first-order chi connectivity index (χ1) is 14.4. The molecule has 0 N–H and O–H groups in total. The Morgan fingerprint density at radius 1 is 1.03 bits per heavy atom. The molecule has 4 rings (SSSR count). The van der Waals surface area contributed by atoms with Crippen molar-refractivity contribution in [2.75, 3.05) is 11.5 Å². The number of allylic oxidation sites excluding steroid dienone is 1. The van der Waals surface area contributed by atoms with Gasteiger partial charge in [-0.2, -0.15) is 0 Å². The van der Waals surface area contributed by atoms with Crippen LogP contribution < -0.4 is 9.64 Å². The predicted octanol–water partition coefficient (Wildman–Crippen LogP) is 5.35. The molecule has 0 radical (unpaired) electrons. The molecule has 2 aromatic rings. The van der Waals surface area contributed by atoms with Gasteiger partial charge in [0, 0.05) is 6.54 Å². The van der Waals surface area contributed by atoms with Gasteiger partial charge in [0.25, 0.3) is 0 Å². The number of imide groups is 1. The van der Waals surface area contributed by atoms with E-state index < -0.39 is 0 Å². The maximum Gasteiger partial charge on any atom is 0.332 e. The number of aryl methyl sites for hydroxylation is 1. The first kappa shape index (κ1) is 20.5.